The van der Waals surface area contributed by atoms with Crippen LogP contribution in [0.5, 0.6) is 17.2 Å². The average Bonchev–Trinajstić information content (AvgIpc) is 2.86. The van der Waals surface area contributed by atoms with Gasteiger partial charge in [0.25, 0.3) is 5.91 Å². The van der Waals surface area contributed by atoms with Crippen molar-refractivity contribution in [1.82, 2.24) is 9.88 Å². The number of hydrogen-bond acceptors (Lipinski definition) is 6. The van der Waals surface area contributed by atoms with Gasteiger partial charge in [-0.05, 0) is 48.6 Å². The lowest BCUT2D eigenvalue weighted by atomic mass is 10.00. The van der Waals surface area contributed by atoms with Crippen molar-refractivity contribution in [2.45, 2.75) is 26.3 Å². The monoisotopic (exact) mass is 463 g/mol. The summed E-state index contributed by atoms with van der Waals surface area (Å²) in [5.74, 6) is 3.09. The molecular formula is C27H33N3O4. The molecule has 0 radical (unpaired) electrons. The van der Waals surface area contributed by atoms with Crippen molar-refractivity contribution in [1.29, 1.82) is 0 Å². The van der Waals surface area contributed by atoms with Gasteiger partial charge in [-0.2, -0.15) is 0 Å². The summed E-state index contributed by atoms with van der Waals surface area (Å²) >= 11 is 0. The van der Waals surface area contributed by atoms with Crippen molar-refractivity contribution in [3.05, 3.63) is 53.6 Å². The maximum atomic E-state index is 13.7. The van der Waals surface area contributed by atoms with Crippen molar-refractivity contribution < 1.29 is 19.0 Å². The number of anilines is 1. The predicted molar refractivity (Wildman–Crippen MR) is 134 cm³/mol. The Hall–Kier alpha value is -3.48. The Morgan fingerprint density at radius 1 is 1.09 bits per heavy atom. The molecule has 0 spiro atoms. The third-order valence-corrected chi connectivity index (χ3v) is 6.41. The van der Waals surface area contributed by atoms with Crippen LogP contribution in [0.1, 0.15) is 35.7 Å². The molecule has 180 valence electrons. The standard InChI is InChI=1S/C27H33N3O4/c1-18-9-8-12-30(16-18)25-15-21(20-10-6-7-11-22(20)28-25)27(31)29(2)17-19-13-23(32-3)26(34-5)24(14-19)33-4/h6-7,10-11,13-15,18H,8-9,12,16-17H2,1-5H3/t18-/m1/s1. The number of hydrogen-bond donors (Lipinski definition) is 0. The van der Waals surface area contributed by atoms with Gasteiger partial charge in [0, 0.05) is 32.1 Å². The molecule has 4 rings (SSSR count). The highest BCUT2D eigenvalue weighted by Gasteiger charge is 2.23. The third-order valence-electron chi connectivity index (χ3n) is 6.41. The molecule has 1 fully saturated rings. The molecule has 7 nitrogen and oxygen atoms in total. The van der Waals surface area contributed by atoms with E-state index in [-0.39, 0.29) is 5.91 Å². The lowest BCUT2D eigenvalue weighted by Crippen LogP contribution is -2.35. The van der Waals surface area contributed by atoms with Gasteiger partial charge in [-0.3, -0.25) is 4.79 Å². The number of rotatable bonds is 7. The molecule has 1 aliphatic rings. The first-order valence-corrected chi connectivity index (χ1v) is 11.6. The Morgan fingerprint density at radius 3 is 2.44 bits per heavy atom. The molecule has 0 unspecified atom stereocenters. The molecule has 1 atom stereocenters. The van der Waals surface area contributed by atoms with Gasteiger partial charge in [0.05, 0.1) is 32.4 Å². The zero-order chi connectivity index (χ0) is 24.2. The van der Waals surface area contributed by atoms with Crippen LogP contribution in [-0.4, -0.2) is 57.3 Å². The van der Waals surface area contributed by atoms with E-state index < -0.39 is 0 Å². The second-order valence-electron chi connectivity index (χ2n) is 8.93. The van der Waals surface area contributed by atoms with E-state index in [1.807, 2.05) is 49.5 Å². The summed E-state index contributed by atoms with van der Waals surface area (Å²) in [5, 5.41) is 0.859. The van der Waals surface area contributed by atoms with Crippen LogP contribution >= 0.6 is 0 Å². The summed E-state index contributed by atoms with van der Waals surface area (Å²) in [5.41, 5.74) is 2.38. The number of amides is 1. The minimum atomic E-state index is -0.0568. The number of pyridine rings is 1. The lowest BCUT2D eigenvalue weighted by Gasteiger charge is -2.32. The van der Waals surface area contributed by atoms with Gasteiger partial charge >= 0.3 is 0 Å². The lowest BCUT2D eigenvalue weighted by molar-refractivity contribution is 0.0786. The van der Waals surface area contributed by atoms with Crippen LogP contribution in [0.2, 0.25) is 0 Å². The molecule has 1 amide bonds. The quantitative estimate of drug-likeness (QED) is 0.503. The Morgan fingerprint density at radius 2 is 1.79 bits per heavy atom. The van der Waals surface area contributed by atoms with Crippen molar-refractivity contribution in [3.8, 4) is 17.2 Å². The predicted octanol–water partition coefficient (Wildman–Crippen LogP) is 4.77. The van der Waals surface area contributed by atoms with E-state index in [1.165, 1.54) is 6.42 Å². The largest absolute Gasteiger partial charge is 0.493 e. The van der Waals surface area contributed by atoms with Gasteiger partial charge in [0.1, 0.15) is 5.82 Å². The van der Waals surface area contributed by atoms with Crippen LogP contribution in [0, 0.1) is 5.92 Å². The summed E-state index contributed by atoms with van der Waals surface area (Å²) in [6, 6.07) is 13.5. The maximum absolute atomic E-state index is 13.7. The highest BCUT2D eigenvalue weighted by Crippen LogP contribution is 2.38. The van der Waals surface area contributed by atoms with E-state index in [9.17, 15) is 4.79 Å². The molecule has 7 heteroatoms. The Labute approximate surface area is 201 Å². The molecule has 0 N–H and O–H groups in total. The summed E-state index contributed by atoms with van der Waals surface area (Å²) in [6.45, 7) is 4.58. The SMILES string of the molecule is COc1cc(CN(C)C(=O)c2cc(N3CCC[C@@H](C)C3)nc3ccccc23)cc(OC)c1OC. The number of nitrogens with zero attached hydrogens (tertiary/aromatic N) is 3. The number of piperidine rings is 1. The van der Waals surface area contributed by atoms with E-state index in [0.29, 0.717) is 35.3 Å². The fourth-order valence-corrected chi connectivity index (χ4v) is 4.68. The fourth-order valence-electron chi connectivity index (χ4n) is 4.68. The molecule has 2 aromatic carbocycles. The average molecular weight is 464 g/mol. The van der Waals surface area contributed by atoms with Crippen molar-refractivity contribution in [2.24, 2.45) is 5.92 Å². The second-order valence-corrected chi connectivity index (χ2v) is 8.93. The highest BCUT2D eigenvalue weighted by molar-refractivity contribution is 6.06. The number of ether oxygens (including phenoxy) is 3. The summed E-state index contributed by atoms with van der Waals surface area (Å²) < 4.78 is 16.4. The van der Waals surface area contributed by atoms with Gasteiger partial charge in [-0.1, -0.05) is 25.1 Å². The van der Waals surface area contributed by atoms with Gasteiger partial charge in [0.15, 0.2) is 11.5 Å². The van der Waals surface area contributed by atoms with Gasteiger partial charge in [0.2, 0.25) is 5.75 Å². The van der Waals surface area contributed by atoms with Gasteiger partial charge in [-0.25, -0.2) is 4.98 Å². The zero-order valence-corrected chi connectivity index (χ0v) is 20.6. The maximum Gasteiger partial charge on any atom is 0.254 e. The van der Waals surface area contributed by atoms with E-state index in [1.54, 1.807) is 26.2 Å². The minimum absolute atomic E-state index is 0.0568. The first-order chi connectivity index (χ1) is 16.4. The summed E-state index contributed by atoms with van der Waals surface area (Å²) in [4.78, 5) is 22.6. The number of methoxy groups -OCH3 is 3. The summed E-state index contributed by atoms with van der Waals surface area (Å²) in [6.07, 6.45) is 2.37. The second kappa shape index (κ2) is 10.2. The van der Waals surface area contributed by atoms with Crippen LogP contribution in [0.15, 0.2) is 42.5 Å². The first kappa shape index (κ1) is 23.7. The number of aromatic nitrogens is 1. The Balaban J connectivity index is 1.67. The zero-order valence-electron chi connectivity index (χ0n) is 20.6. The molecule has 2 heterocycles. The molecule has 34 heavy (non-hydrogen) atoms. The van der Waals surface area contributed by atoms with Crippen LogP contribution in [0.4, 0.5) is 5.82 Å². The third kappa shape index (κ3) is 4.74. The smallest absolute Gasteiger partial charge is 0.254 e. The van der Waals surface area contributed by atoms with Gasteiger partial charge < -0.3 is 24.0 Å². The number of benzene rings is 2. The molecular weight excluding hydrogens is 430 g/mol. The topological polar surface area (TPSA) is 64.1 Å². The van der Waals surface area contributed by atoms with Crippen molar-refractivity contribution in [2.75, 3.05) is 46.4 Å². The van der Waals surface area contributed by atoms with Crippen molar-refractivity contribution in [3.63, 3.8) is 0 Å². The molecule has 0 saturated carbocycles. The van der Waals surface area contributed by atoms with E-state index in [2.05, 4.69) is 11.8 Å². The van der Waals surface area contributed by atoms with Crippen molar-refractivity contribution >= 4 is 22.6 Å². The fraction of sp³-hybridized carbons (Fsp3) is 0.407. The Kier molecular flexibility index (Phi) is 7.10. The normalized spacial score (nSPS) is 15.8. The number of carbonyl (C=O) groups excluding carboxylic acids is 1. The minimum Gasteiger partial charge on any atom is -0.493 e. The molecule has 1 saturated heterocycles. The highest BCUT2D eigenvalue weighted by atomic mass is 16.5. The molecule has 0 aliphatic carbocycles. The number of fused-ring (bicyclic) bond motifs is 1. The molecule has 1 aliphatic heterocycles. The van der Waals surface area contributed by atoms with Crippen LogP contribution in [0.25, 0.3) is 10.9 Å². The molecule has 0 bridgehead atoms. The Bertz CT molecular complexity index is 1150. The number of carbonyl (C=O) groups is 1. The van der Waals surface area contributed by atoms with Crippen LogP contribution in [-0.2, 0) is 6.54 Å². The van der Waals surface area contributed by atoms with E-state index in [4.69, 9.17) is 19.2 Å². The van der Waals surface area contributed by atoms with Crippen LogP contribution < -0.4 is 19.1 Å². The summed E-state index contributed by atoms with van der Waals surface area (Å²) in [7, 11) is 6.55. The first-order valence-electron chi connectivity index (χ1n) is 11.6. The van der Waals surface area contributed by atoms with E-state index in [0.717, 1.165) is 41.8 Å². The molecule has 3 aromatic rings. The van der Waals surface area contributed by atoms with Gasteiger partial charge in [-0.15, -0.1) is 0 Å². The van der Waals surface area contributed by atoms with E-state index >= 15 is 0 Å². The van der Waals surface area contributed by atoms with Crippen LogP contribution in [0.3, 0.4) is 0 Å². The number of para-hydroxylation sites is 1. The molecule has 1 aromatic heterocycles.